The molecule has 1 saturated carbocycles. The van der Waals surface area contributed by atoms with Gasteiger partial charge in [0.25, 0.3) is 0 Å². The van der Waals surface area contributed by atoms with Crippen LogP contribution in [0.1, 0.15) is 31.3 Å². The van der Waals surface area contributed by atoms with Gasteiger partial charge in [0.05, 0.1) is 5.69 Å². The molecule has 7 heteroatoms. The molecule has 2 aromatic heterocycles. The number of hydrogen-bond acceptors (Lipinski definition) is 5. The zero-order chi connectivity index (χ0) is 16.3. The Morgan fingerprint density at radius 3 is 2.83 bits per heavy atom. The van der Waals surface area contributed by atoms with Crippen molar-refractivity contribution in [3.63, 3.8) is 0 Å². The van der Waals surface area contributed by atoms with Crippen molar-refractivity contribution < 1.29 is 4.79 Å². The number of amides is 2. The van der Waals surface area contributed by atoms with Gasteiger partial charge in [-0.15, -0.1) is 0 Å². The van der Waals surface area contributed by atoms with Gasteiger partial charge in [0, 0.05) is 50.2 Å². The molecule has 2 heterocycles. The summed E-state index contributed by atoms with van der Waals surface area (Å²) in [7, 11) is 1.75. The third-order valence-electron chi connectivity index (χ3n) is 4.10. The third kappa shape index (κ3) is 3.80. The Bertz CT molecular complexity index is 686. The Balaban J connectivity index is 1.56. The highest BCUT2D eigenvalue weighted by atomic mass is 16.2. The van der Waals surface area contributed by atoms with Gasteiger partial charge in [-0.25, -0.2) is 14.8 Å². The van der Waals surface area contributed by atoms with Gasteiger partial charge in [0.2, 0.25) is 0 Å². The second-order valence-electron chi connectivity index (χ2n) is 6.12. The molecule has 1 aliphatic rings. The quantitative estimate of drug-likeness (QED) is 0.913. The van der Waals surface area contributed by atoms with E-state index in [-0.39, 0.29) is 11.4 Å². The number of rotatable bonds is 5. The van der Waals surface area contributed by atoms with Crippen LogP contribution in [0.5, 0.6) is 0 Å². The highest BCUT2D eigenvalue weighted by Crippen LogP contribution is 2.45. The predicted molar refractivity (Wildman–Crippen MR) is 86.0 cm³/mol. The Morgan fingerprint density at radius 2 is 2.13 bits per heavy atom. The molecule has 0 radical (unpaired) electrons. The molecule has 3 rings (SSSR count). The third-order valence-corrected chi connectivity index (χ3v) is 4.10. The molecule has 0 bridgehead atoms. The number of hydrogen-bond donors (Lipinski definition) is 1. The van der Waals surface area contributed by atoms with E-state index < -0.39 is 0 Å². The first-order chi connectivity index (χ1) is 11.1. The summed E-state index contributed by atoms with van der Waals surface area (Å²) in [6, 6.07) is 1.52. The van der Waals surface area contributed by atoms with Crippen LogP contribution in [0.3, 0.4) is 0 Å². The number of nitrogens with one attached hydrogen (secondary N) is 1. The van der Waals surface area contributed by atoms with Crippen LogP contribution >= 0.6 is 0 Å². The lowest BCUT2D eigenvalue weighted by Crippen LogP contribution is -2.33. The molecule has 7 nitrogen and oxygen atoms in total. The van der Waals surface area contributed by atoms with Crippen molar-refractivity contribution in [1.29, 1.82) is 0 Å². The average Bonchev–Trinajstić information content (AvgIpc) is 3.33. The molecule has 23 heavy (non-hydrogen) atoms. The molecule has 0 aliphatic heterocycles. The number of anilines is 1. The van der Waals surface area contributed by atoms with E-state index in [1.165, 1.54) is 0 Å². The van der Waals surface area contributed by atoms with Crippen molar-refractivity contribution in [2.24, 2.45) is 0 Å². The Morgan fingerprint density at radius 1 is 1.30 bits per heavy atom. The molecule has 0 unspecified atom stereocenters. The number of aromatic nitrogens is 4. The van der Waals surface area contributed by atoms with E-state index in [1.54, 1.807) is 42.8 Å². The second-order valence-corrected chi connectivity index (χ2v) is 6.12. The topological polar surface area (TPSA) is 83.9 Å². The summed E-state index contributed by atoms with van der Waals surface area (Å²) in [6.45, 7) is 2.70. The molecular formula is C16H20N6O. The van der Waals surface area contributed by atoms with E-state index in [0.717, 1.165) is 24.4 Å². The van der Waals surface area contributed by atoms with E-state index in [2.05, 4.69) is 32.2 Å². The first-order valence-corrected chi connectivity index (χ1v) is 7.67. The minimum atomic E-state index is -0.195. The summed E-state index contributed by atoms with van der Waals surface area (Å²) in [5.41, 5.74) is 0.941. The largest absolute Gasteiger partial charge is 0.327 e. The maximum absolute atomic E-state index is 12.2. The maximum Gasteiger partial charge on any atom is 0.322 e. The van der Waals surface area contributed by atoms with Crippen LogP contribution in [-0.4, -0.2) is 44.5 Å². The van der Waals surface area contributed by atoms with Gasteiger partial charge < -0.3 is 4.90 Å². The zero-order valence-corrected chi connectivity index (χ0v) is 13.4. The van der Waals surface area contributed by atoms with Gasteiger partial charge in [-0.05, 0) is 18.9 Å². The summed E-state index contributed by atoms with van der Waals surface area (Å²) in [5, 5.41) is 2.82. The van der Waals surface area contributed by atoms with Crippen LogP contribution in [0.2, 0.25) is 0 Å². The molecule has 120 valence electrons. The fourth-order valence-electron chi connectivity index (χ4n) is 2.18. The van der Waals surface area contributed by atoms with Crippen molar-refractivity contribution in [3.8, 4) is 0 Å². The van der Waals surface area contributed by atoms with Gasteiger partial charge in [-0.1, -0.05) is 6.92 Å². The monoisotopic (exact) mass is 312 g/mol. The fraction of sp³-hybridized carbons (Fsp3) is 0.438. The standard InChI is InChI=1S/C16H20N6O/c1-16(5-6-16)14-19-7-3-13(20-14)21-15(23)22(2)10-4-12-11-17-8-9-18-12/h3,7-9,11H,4-6,10H2,1-2H3,(H,19,20,21,23). The molecular weight excluding hydrogens is 292 g/mol. The normalized spacial score (nSPS) is 15.0. The van der Waals surface area contributed by atoms with Crippen LogP contribution < -0.4 is 5.32 Å². The van der Waals surface area contributed by atoms with Crippen molar-refractivity contribution >= 4 is 11.8 Å². The summed E-state index contributed by atoms with van der Waals surface area (Å²) < 4.78 is 0. The lowest BCUT2D eigenvalue weighted by Gasteiger charge is -2.17. The molecule has 1 aliphatic carbocycles. The van der Waals surface area contributed by atoms with Crippen molar-refractivity contribution in [2.75, 3.05) is 18.9 Å². The second kappa shape index (κ2) is 6.28. The zero-order valence-electron chi connectivity index (χ0n) is 13.4. The van der Waals surface area contributed by atoms with Crippen molar-refractivity contribution in [3.05, 3.63) is 42.4 Å². The van der Waals surface area contributed by atoms with Crippen molar-refractivity contribution in [2.45, 2.75) is 31.6 Å². The van der Waals surface area contributed by atoms with E-state index in [4.69, 9.17) is 0 Å². The smallest absolute Gasteiger partial charge is 0.322 e. The fourth-order valence-corrected chi connectivity index (χ4v) is 2.18. The van der Waals surface area contributed by atoms with Crippen LogP contribution in [0.15, 0.2) is 30.9 Å². The average molecular weight is 312 g/mol. The number of likely N-dealkylation sites (N-methyl/N-ethyl adjacent to an activating group) is 1. The molecule has 2 aromatic rings. The molecule has 0 atom stereocenters. The van der Waals surface area contributed by atoms with Gasteiger partial charge in [0.1, 0.15) is 11.6 Å². The number of urea groups is 1. The summed E-state index contributed by atoms with van der Waals surface area (Å²) in [6.07, 6.45) is 9.54. The first-order valence-electron chi connectivity index (χ1n) is 7.67. The lowest BCUT2D eigenvalue weighted by atomic mass is 10.1. The van der Waals surface area contributed by atoms with Gasteiger partial charge in [-0.3, -0.25) is 15.3 Å². The molecule has 1 fully saturated rings. The Labute approximate surface area is 135 Å². The first kappa shape index (κ1) is 15.3. The van der Waals surface area contributed by atoms with Gasteiger partial charge in [0.15, 0.2) is 0 Å². The lowest BCUT2D eigenvalue weighted by molar-refractivity contribution is 0.223. The predicted octanol–water partition coefficient (Wildman–Crippen LogP) is 2.02. The molecule has 0 spiro atoms. The number of nitrogens with zero attached hydrogens (tertiary/aromatic N) is 5. The summed E-state index contributed by atoms with van der Waals surface area (Å²) in [5.74, 6) is 1.34. The highest BCUT2D eigenvalue weighted by molar-refractivity contribution is 5.88. The summed E-state index contributed by atoms with van der Waals surface area (Å²) in [4.78, 5) is 30.8. The number of carbonyl (C=O) groups is 1. The van der Waals surface area contributed by atoms with E-state index in [1.807, 2.05) is 0 Å². The van der Waals surface area contributed by atoms with Gasteiger partial charge in [-0.2, -0.15) is 0 Å². The highest BCUT2D eigenvalue weighted by Gasteiger charge is 2.42. The van der Waals surface area contributed by atoms with E-state index >= 15 is 0 Å². The maximum atomic E-state index is 12.2. The van der Waals surface area contributed by atoms with Gasteiger partial charge >= 0.3 is 6.03 Å². The number of carbonyl (C=O) groups excluding carboxylic acids is 1. The SMILES string of the molecule is CN(CCc1cnccn1)C(=O)Nc1ccnc(C2(C)CC2)n1. The van der Waals surface area contributed by atoms with E-state index in [0.29, 0.717) is 18.8 Å². The molecule has 2 amide bonds. The summed E-state index contributed by atoms with van der Waals surface area (Å²) >= 11 is 0. The van der Waals surface area contributed by atoms with Crippen molar-refractivity contribution in [1.82, 2.24) is 24.8 Å². The van der Waals surface area contributed by atoms with E-state index in [9.17, 15) is 4.79 Å². The van der Waals surface area contributed by atoms with Crippen LogP contribution in [-0.2, 0) is 11.8 Å². The minimum absolute atomic E-state index is 0.0820. The molecule has 0 saturated heterocycles. The Kier molecular flexibility index (Phi) is 4.18. The minimum Gasteiger partial charge on any atom is -0.327 e. The molecule has 0 aromatic carbocycles. The Hall–Kier alpha value is -2.57. The van der Waals surface area contributed by atoms with Crippen LogP contribution in [0, 0.1) is 0 Å². The molecule has 1 N–H and O–H groups in total. The van der Waals surface area contributed by atoms with Crippen LogP contribution in [0.4, 0.5) is 10.6 Å². The van der Waals surface area contributed by atoms with Crippen LogP contribution in [0.25, 0.3) is 0 Å².